The van der Waals surface area contributed by atoms with Gasteiger partial charge in [0.15, 0.2) is 5.16 Å². The minimum absolute atomic E-state index is 0.610. The first-order valence-electron chi connectivity index (χ1n) is 7.63. The maximum Gasteiger partial charge on any atom is 0.195 e. The third kappa shape index (κ3) is 3.91. The molecule has 0 N–H and O–H groups in total. The van der Waals surface area contributed by atoms with Crippen LogP contribution in [0.25, 0.3) is 5.69 Å². The molecule has 0 aliphatic carbocycles. The molecular weight excluding hydrogens is 342 g/mol. The summed E-state index contributed by atoms with van der Waals surface area (Å²) in [6, 6.07) is 13.8. The summed E-state index contributed by atoms with van der Waals surface area (Å²) in [5.41, 5.74) is 3.26. The third-order valence-corrected chi connectivity index (χ3v) is 4.71. The van der Waals surface area contributed by atoms with Crippen molar-refractivity contribution in [1.82, 2.24) is 14.8 Å². The van der Waals surface area contributed by atoms with Crippen molar-refractivity contribution in [3.8, 4) is 11.4 Å². The van der Waals surface area contributed by atoms with Crippen molar-refractivity contribution in [3.63, 3.8) is 0 Å². The van der Waals surface area contributed by atoms with Crippen LogP contribution in [0.1, 0.15) is 11.1 Å². The molecule has 0 aliphatic rings. The van der Waals surface area contributed by atoms with Gasteiger partial charge in [0.2, 0.25) is 0 Å². The number of rotatable bonds is 6. The van der Waals surface area contributed by atoms with Gasteiger partial charge >= 0.3 is 0 Å². The van der Waals surface area contributed by atoms with E-state index in [4.69, 9.17) is 16.3 Å². The highest BCUT2D eigenvalue weighted by Gasteiger charge is 2.08. The SMILES string of the molecule is Cc1cccc(C)c1OCCSc1nncn1-c1cccc(Cl)c1. The number of halogens is 1. The highest BCUT2D eigenvalue weighted by molar-refractivity contribution is 7.99. The van der Waals surface area contributed by atoms with Crippen LogP contribution in [0.5, 0.6) is 5.75 Å². The van der Waals surface area contributed by atoms with Crippen LogP contribution in [0.15, 0.2) is 53.9 Å². The summed E-state index contributed by atoms with van der Waals surface area (Å²) in [6.45, 7) is 4.73. The van der Waals surface area contributed by atoms with Crippen LogP contribution in [0.3, 0.4) is 0 Å². The maximum absolute atomic E-state index is 6.06. The van der Waals surface area contributed by atoms with Crippen LogP contribution in [-0.4, -0.2) is 27.1 Å². The van der Waals surface area contributed by atoms with Gasteiger partial charge in [0, 0.05) is 10.8 Å². The van der Waals surface area contributed by atoms with E-state index >= 15 is 0 Å². The quantitative estimate of drug-likeness (QED) is 0.472. The number of aryl methyl sites for hydroxylation is 2. The van der Waals surface area contributed by atoms with Crippen molar-refractivity contribution in [2.45, 2.75) is 19.0 Å². The first-order valence-corrected chi connectivity index (χ1v) is 8.99. The van der Waals surface area contributed by atoms with E-state index in [9.17, 15) is 0 Å². The van der Waals surface area contributed by atoms with Gasteiger partial charge in [-0.3, -0.25) is 4.57 Å². The molecule has 0 amide bonds. The number of aromatic nitrogens is 3. The molecule has 3 aromatic rings. The van der Waals surface area contributed by atoms with Gasteiger partial charge in [-0.05, 0) is 43.2 Å². The molecule has 0 radical (unpaired) electrons. The molecule has 6 heteroatoms. The monoisotopic (exact) mass is 359 g/mol. The number of benzene rings is 2. The van der Waals surface area contributed by atoms with Gasteiger partial charge in [-0.15, -0.1) is 10.2 Å². The van der Waals surface area contributed by atoms with Gasteiger partial charge in [-0.2, -0.15) is 0 Å². The summed E-state index contributed by atoms with van der Waals surface area (Å²) >= 11 is 7.66. The van der Waals surface area contributed by atoms with Crippen LogP contribution >= 0.6 is 23.4 Å². The normalized spacial score (nSPS) is 10.8. The van der Waals surface area contributed by atoms with Gasteiger partial charge in [-0.1, -0.05) is 47.6 Å². The predicted molar refractivity (Wildman–Crippen MR) is 98.5 cm³/mol. The minimum atomic E-state index is 0.610. The molecule has 0 bridgehead atoms. The topological polar surface area (TPSA) is 39.9 Å². The molecule has 0 fully saturated rings. The van der Waals surface area contributed by atoms with E-state index < -0.39 is 0 Å². The number of ether oxygens (including phenoxy) is 1. The molecule has 0 spiro atoms. The minimum Gasteiger partial charge on any atom is -0.492 e. The second kappa shape index (κ2) is 7.73. The first kappa shape index (κ1) is 16.9. The summed E-state index contributed by atoms with van der Waals surface area (Å²) in [5, 5.41) is 9.69. The average Bonchev–Trinajstić information content (AvgIpc) is 3.02. The van der Waals surface area contributed by atoms with Crippen molar-refractivity contribution < 1.29 is 4.74 Å². The average molecular weight is 360 g/mol. The smallest absolute Gasteiger partial charge is 0.195 e. The Hall–Kier alpha value is -1.98. The zero-order valence-corrected chi connectivity index (χ0v) is 15.1. The van der Waals surface area contributed by atoms with E-state index in [2.05, 4.69) is 36.2 Å². The summed E-state index contributed by atoms with van der Waals surface area (Å²) in [4.78, 5) is 0. The lowest BCUT2D eigenvalue weighted by atomic mass is 10.1. The molecule has 124 valence electrons. The van der Waals surface area contributed by atoms with Crippen molar-refractivity contribution in [1.29, 1.82) is 0 Å². The molecule has 0 saturated heterocycles. The Labute approximate surface area is 150 Å². The van der Waals surface area contributed by atoms with Gasteiger partial charge in [0.05, 0.1) is 12.3 Å². The van der Waals surface area contributed by atoms with Crippen molar-refractivity contribution >= 4 is 23.4 Å². The van der Waals surface area contributed by atoms with Gasteiger partial charge < -0.3 is 4.74 Å². The fourth-order valence-electron chi connectivity index (χ4n) is 2.43. The second-order valence-corrected chi connectivity index (χ2v) is 6.88. The number of nitrogens with zero attached hydrogens (tertiary/aromatic N) is 3. The second-order valence-electron chi connectivity index (χ2n) is 5.38. The lowest BCUT2D eigenvalue weighted by Gasteiger charge is -2.11. The Morgan fingerprint density at radius 1 is 1.12 bits per heavy atom. The fraction of sp³-hybridized carbons (Fsp3) is 0.222. The lowest BCUT2D eigenvalue weighted by Crippen LogP contribution is -2.04. The molecule has 24 heavy (non-hydrogen) atoms. The summed E-state index contributed by atoms with van der Waals surface area (Å²) in [5.74, 6) is 1.75. The molecule has 4 nitrogen and oxygen atoms in total. The van der Waals surface area contributed by atoms with E-state index in [1.54, 1.807) is 18.1 Å². The van der Waals surface area contributed by atoms with Gasteiger partial charge in [0.25, 0.3) is 0 Å². The van der Waals surface area contributed by atoms with E-state index in [0.717, 1.165) is 33.5 Å². The van der Waals surface area contributed by atoms with Crippen molar-refractivity contribution in [3.05, 3.63) is 64.9 Å². The molecule has 0 unspecified atom stereocenters. The summed E-state index contributed by atoms with van der Waals surface area (Å²) in [6.07, 6.45) is 1.69. The highest BCUT2D eigenvalue weighted by Crippen LogP contribution is 2.24. The molecule has 0 saturated carbocycles. The van der Waals surface area contributed by atoms with Crippen LogP contribution in [-0.2, 0) is 0 Å². The van der Waals surface area contributed by atoms with Crippen molar-refractivity contribution in [2.24, 2.45) is 0 Å². The summed E-state index contributed by atoms with van der Waals surface area (Å²) < 4.78 is 7.86. The fourth-order valence-corrected chi connectivity index (χ4v) is 3.36. The zero-order valence-electron chi connectivity index (χ0n) is 13.6. The predicted octanol–water partition coefficient (Wildman–Crippen LogP) is 4.71. The number of hydrogen-bond donors (Lipinski definition) is 0. The van der Waals surface area contributed by atoms with E-state index in [1.807, 2.05) is 34.9 Å². The molecule has 0 atom stereocenters. The number of para-hydroxylation sites is 1. The molecule has 1 aromatic heterocycles. The van der Waals surface area contributed by atoms with Crippen molar-refractivity contribution in [2.75, 3.05) is 12.4 Å². The van der Waals surface area contributed by atoms with Crippen LogP contribution in [0, 0.1) is 13.8 Å². The summed E-state index contributed by atoms with van der Waals surface area (Å²) in [7, 11) is 0. The standard InChI is InChI=1S/C18H18ClN3OS/c1-13-5-3-6-14(2)17(13)23-9-10-24-18-21-20-12-22(18)16-8-4-7-15(19)11-16/h3-8,11-12H,9-10H2,1-2H3. The molecule has 2 aromatic carbocycles. The Balaban J connectivity index is 1.61. The lowest BCUT2D eigenvalue weighted by molar-refractivity contribution is 0.339. The van der Waals surface area contributed by atoms with Crippen LogP contribution in [0.4, 0.5) is 0 Å². The number of thioether (sulfide) groups is 1. The molecule has 1 heterocycles. The molecule has 0 aliphatic heterocycles. The highest BCUT2D eigenvalue weighted by atomic mass is 35.5. The largest absolute Gasteiger partial charge is 0.492 e. The number of hydrogen-bond acceptors (Lipinski definition) is 4. The van der Waals surface area contributed by atoms with Crippen LogP contribution < -0.4 is 4.74 Å². The van der Waals surface area contributed by atoms with Gasteiger partial charge in [-0.25, -0.2) is 0 Å². The Morgan fingerprint density at radius 3 is 2.62 bits per heavy atom. The Morgan fingerprint density at radius 2 is 1.88 bits per heavy atom. The van der Waals surface area contributed by atoms with E-state index in [-0.39, 0.29) is 0 Å². The van der Waals surface area contributed by atoms with E-state index in [1.165, 1.54) is 0 Å². The Bertz CT molecular complexity index is 814. The zero-order chi connectivity index (χ0) is 16.9. The first-order chi connectivity index (χ1) is 11.6. The molecular formula is C18H18ClN3OS. The van der Waals surface area contributed by atoms with Gasteiger partial charge in [0.1, 0.15) is 12.1 Å². The molecule has 3 rings (SSSR count). The maximum atomic E-state index is 6.06. The third-order valence-electron chi connectivity index (χ3n) is 3.57. The Kier molecular flexibility index (Phi) is 5.43. The van der Waals surface area contributed by atoms with E-state index in [0.29, 0.717) is 11.6 Å². The van der Waals surface area contributed by atoms with Crippen LogP contribution in [0.2, 0.25) is 5.02 Å².